The van der Waals surface area contributed by atoms with Crippen LogP contribution in [0.2, 0.25) is 0 Å². The quantitative estimate of drug-likeness (QED) is 0.683. The molecule has 0 saturated heterocycles. The lowest BCUT2D eigenvalue weighted by atomic mass is 10.1. The Bertz CT molecular complexity index is 436. The largest absolute Gasteiger partial charge is 0.480 e. The van der Waals surface area contributed by atoms with Gasteiger partial charge in [-0.25, -0.2) is 9.18 Å². The molecule has 0 aliphatic rings. The second-order valence-electron chi connectivity index (χ2n) is 3.74. The lowest BCUT2D eigenvalue weighted by molar-refractivity contribution is -0.142. The molecular formula is C12H14FNO4. The van der Waals surface area contributed by atoms with Crippen LogP contribution in [0.3, 0.4) is 0 Å². The van der Waals surface area contributed by atoms with Gasteiger partial charge in [0.15, 0.2) is 0 Å². The number of aliphatic hydroxyl groups excluding tert-OH is 1. The van der Waals surface area contributed by atoms with Crippen molar-refractivity contribution in [2.75, 3.05) is 6.61 Å². The molecule has 1 aromatic rings. The van der Waals surface area contributed by atoms with Crippen molar-refractivity contribution in [2.45, 2.75) is 18.9 Å². The van der Waals surface area contributed by atoms with E-state index < -0.39 is 23.7 Å². The summed E-state index contributed by atoms with van der Waals surface area (Å²) in [6.07, 6.45) is -0.319. The standard InChI is InChI=1S/C12H14FNO4/c13-9-4-2-1-3-8(9)7-11(16)14-10(5-6-15)12(17)18/h1-4,10,15H,5-7H2,(H,14,16)(H,17,18)/t10-/m0/s1. The Balaban J connectivity index is 2.61. The van der Waals surface area contributed by atoms with Crippen LogP contribution in [-0.2, 0) is 16.0 Å². The summed E-state index contributed by atoms with van der Waals surface area (Å²) >= 11 is 0. The minimum atomic E-state index is -1.23. The summed E-state index contributed by atoms with van der Waals surface area (Å²) < 4.78 is 13.3. The van der Waals surface area contributed by atoms with Crippen molar-refractivity contribution < 1.29 is 24.2 Å². The fraction of sp³-hybridized carbons (Fsp3) is 0.333. The molecule has 0 unspecified atom stereocenters. The minimum absolute atomic E-state index is 0.0850. The fourth-order valence-electron chi connectivity index (χ4n) is 1.45. The van der Waals surface area contributed by atoms with Gasteiger partial charge in [0.25, 0.3) is 0 Å². The van der Waals surface area contributed by atoms with Gasteiger partial charge in [-0.3, -0.25) is 4.79 Å². The van der Waals surface area contributed by atoms with E-state index in [-0.39, 0.29) is 25.0 Å². The maximum atomic E-state index is 13.3. The van der Waals surface area contributed by atoms with Gasteiger partial charge >= 0.3 is 5.97 Å². The van der Waals surface area contributed by atoms with Crippen LogP contribution in [0.25, 0.3) is 0 Å². The van der Waals surface area contributed by atoms with Gasteiger partial charge in [0, 0.05) is 13.0 Å². The van der Waals surface area contributed by atoms with Crippen LogP contribution in [-0.4, -0.2) is 34.7 Å². The molecule has 18 heavy (non-hydrogen) atoms. The van der Waals surface area contributed by atoms with Crippen molar-refractivity contribution in [3.63, 3.8) is 0 Å². The van der Waals surface area contributed by atoms with Crippen LogP contribution >= 0.6 is 0 Å². The molecule has 0 aliphatic heterocycles. The van der Waals surface area contributed by atoms with Gasteiger partial charge in [0.2, 0.25) is 5.91 Å². The predicted molar refractivity (Wildman–Crippen MR) is 61.4 cm³/mol. The maximum absolute atomic E-state index is 13.3. The van der Waals surface area contributed by atoms with Gasteiger partial charge < -0.3 is 15.5 Å². The van der Waals surface area contributed by atoms with E-state index in [0.717, 1.165) is 0 Å². The van der Waals surface area contributed by atoms with Crippen LogP contribution in [0.15, 0.2) is 24.3 Å². The van der Waals surface area contributed by atoms with Gasteiger partial charge in [0.1, 0.15) is 11.9 Å². The number of carboxylic acids is 1. The van der Waals surface area contributed by atoms with Gasteiger partial charge in [0.05, 0.1) is 6.42 Å². The molecule has 0 radical (unpaired) electrons. The van der Waals surface area contributed by atoms with Crippen LogP contribution in [0.4, 0.5) is 4.39 Å². The van der Waals surface area contributed by atoms with Crippen LogP contribution in [0.5, 0.6) is 0 Å². The minimum Gasteiger partial charge on any atom is -0.480 e. The molecule has 1 amide bonds. The van der Waals surface area contributed by atoms with E-state index >= 15 is 0 Å². The first-order valence-corrected chi connectivity index (χ1v) is 5.41. The van der Waals surface area contributed by atoms with E-state index in [1.54, 1.807) is 6.07 Å². The monoisotopic (exact) mass is 255 g/mol. The SMILES string of the molecule is O=C(Cc1ccccc1F)N[C@@H](CCO)C(=O)O. The number of aliphatic carboxylic acids is 1. The number of hydrogen-bond acceptors (Lipinski definition) is 3. The lowest BCUT2D eigenvalue weighted by Gasteiger charge is -2.13. The first-order chi connectivity index (χ1) is 8.54. The van der Waals surface area contributed by atoms with Gasteiger partial charge in [-0.2, -0.15) is 0 Å². The van der Waals surface area contributed by atoms with Crippen LogP contribution in [0, 0.1) is 5.82 Å². The third-order valence-corrected chi connectivity index (χ3v) is 2.36. The summed E-state index contributed by atoms with van der Waals surface area (Å²) in [6.45, 7) is -0.350. The Morgan fingerprint density at radius 3 is 2.56 bits per heavy atom. The zero-order valence-electron chi connectivity index (χ0n) is 9.60. The molecule has 0 aromatic heterocycles. The molecule has 1 aromatic carbocycles. The Morgan fingerprint density at radius 2 is 2.00 bits per heavy atom. The predicted octanol–water partition coefficient (Wildman–Crippen LogP) is 0.320. The average Bonchev–Trinajstić information content (AvgIpc) is 2.31. The number of nitrogens with one attached hydrogen (secondary N) is 1. The average molecular weight is 255 g/mol. The highest BCUT2D eigenvalue weighted by molar-refractivity contribution is 5.84. The Morgan fingerprint density at radius 1 is 1.33 bits per heavy atom. The maximum Gasteiger partial charge on any atom is 0.326 e. The third kappa shape index (κ3) is 4.14. The van der Waals surface area contributed by atoms with E-state index in [1.807, 2.05) is 0 Å². The number of aliphatic hydroxyl groups is 1. The third-order valence-electron chi connectivity index (χ3n) is 2.36. The fourth-order valence-corrected chi connectivity index (χ4v) is 1.45. The molecule has 0 bridgehead atoms. The van der Waals surface area contributed by atoms with Crippen molar-refractivity contribution in [3.8, 4) is 0 Å². The molecule has 1 atom stereocenters. The Hall–Kier alpha value is -1.95. The summed E-state index contributed by atoms with van der Waals surface area (Å²) in [4.78, 5) is 22.3. The van der Waals surface area contributed by atoms with Crippen molar-refractivity contribution in [1.29, 1.82) is 0 Å². The van der Waals surface area contributed by atoms with E-state index in [2.05, 4.69) is 5.32 Å². The van der Waals surface area contributed by atoms with Crippen molar-refractivity contribution in [3.05, 3.63) is 35.6 Å². The van der Waals surface area contributed by atoms with E-state index in [4.69, 9.17) is 10.2 Å². The molecule has 0 aliphatic carbocycles. The van der Waals surface area contributed by atoms with Crippen molar-refractivity contribution >= 4 is 11.9 Å². The van der Waals surface area contributed by atoms with Crippen LogP contribution < -0.4 is 5.32 Å². The summed E-state index contributed by atoms with van der Waals surface area (Å²) in [6, 6.07) is 4.62. The molecule has 0 heterocycles. The zero-order chi connectivity index (χ0) is 13.5. The molecule has 0 fully saturated rings. The molecule has 5 nitrogen and oxygen atoms in total. The number of carbonyl (C=O) groups is 2. The highest BCUT2D eigenvalue weighted by Gasteiger charge is 2.19. The number of amides is 1. The number of hydrogen-bond donors (Lipinski definition) is 3. The molecular weight excluding hydrogens is 241 g/mol. The highest BCUT2D eigenvalue weighted by Crippen LogP contribution is 2.07. The number of halogens is 1. The topological polar surface area (TPSA) is 86.6 Å². The summed E-state index contributed by atoms with van der Waals surface area (Å²) in [5.74, 6) is -2.34. The molecule has 6 heteroatoms. The number of carbonyl (C=O) groups excluding carboxylic acids is 1. The summed E-state index contributed by atoms with van der Waals surface area (Å²) in [5.41, 5.74) is 0.197. The van der Waals surface area contributed by atoms with Crippen LogP contribution in [0.1, 0.15) is 12.0 Å². The van der Waals surface area contributed by atoms with Gasteiger partial charge in [-0.05, 0) is 11.6 Å². The van der Waals surface area contributed by atoms with E-state index in [9.17, 15) is 14.0 Å². The zero-order valence-corrected chi connectivity index (χ0v) is 9.60. The van der Waals surface area contributed by atoms with Crippen molar-refractivity contribution in [1.82, 2.24) is 5.32 Å². The number of benzene rings is 1. The second kappa shape index (κ2) is 6.70. The first kappa shape index (κ1) is 14.1. The summed E-state index contributed by atoms with van der Waals surface area (Å²) in [7, 11) is 0. The Kier molecular flexibility index (Phi) is 5.26. The number of rotatable bonds is 6. The molecule has 0 saturated carbocycles. The second-order valence-corrected chi connectivity index (χ2v) is 3.74. The first-order valence-electron chi connectivity index (χ1n) is 5.41. The molecule has 0 spiro atoms. The molecule has 3 N–H and O–H groups in total. The van der Waals surface area contributed by atoms with Gasteiger partial charge in [-0.15, -0.1) is 0 Å². The molecule has 1 rings (SSSR count). The highest BCUT2D eigenvalue weighted by atomic mass is 19.1. The summed E-state index contributed by atoms with van der Waals surface area (Å²) in [5, 5.41) is 19.7. The van der Waals surface area contributed by atoms with Crippen molar-refractivity contribution in [2.24, 2.45) is 0 Å². The molecule has 98 valence electrons. The lowest BCUT2D eigenvalue weighted by Crippen LogP contribution is -2.42. The van der Waals surface area contributed by atoms with E-state index in [0.29, 0.717) is 0 Å². The van der Waals surface area contributed by atoms with Gasteiger partial charge in [-0.1, -0.05) is 18.2 Å². The van der Waals surface area contributed by atoms with E-state index in [1.165, 1.54) is 18.2 Å². The number of carboxylic acid groups (broad SMARTS) is 1. The smallest absolute Gasteiger partial charge is 0.326 e. The Labute approximate surface area is 103 Å². The normalized spacial score (nSPS) is 11.9.